The maximum Gasteiger partial charge on any atom is 0.160 e. The van der Waals surface area contributed by atoms with Crippen molar-refractivity contribution in [1.29, 1.82) is 0 Å². The van der Waals surface area contributed by atoms with Crippen molar-refractivity contribution in [3.8, 4) is 11.1 Å². The van der Waals surface area contributed by atoms with E-state index in [0.29, 0.717) is 20.2 Å². The van der Waals surface area contributed by atoms with Crippen molar-refractivity contribution in [2.45, 2.75) is 0 Å². The molecule has 0 aliphatic carbocycles. The fraction of sp³-hybridized carbons (Fsp3) is 0. The molecule has 33 heavy (non-hydrogen) atoms. The van der Waals surface area contributed by atoms with Gasteiger partial charge >= 0.3 is 0 Å². The average Bonchev–Trinajstić information content (AvgIpc) is 3.09. The summed E-state index contributed by atoms with van der Waals surface area (Å²) in [5.41, 5.74) is 0.579. The van der Waals surface area contributed by atoms with E-state index in [1.807, 2.05) is 0 Å². The van der Waals surface area contributed by atoms with Gasteiger partial charge in [-0.05, 0) is 59.7 Å². The average molecular weight is 482 g/mol. The predicted molar refractivity (Wildman–Crippen MR) is 111 cm³/mol. The first kappa shape index (κ1) is 22.7. The van der Waals surface area contributed by atoms with E-state index in [1.165, 1.54) is 12.1 Å². The van der Waals surface area contributed by atoms with Gasteiger partial charge < -0.3 is 0 Å². The molecule has 0 N–H and O–H groups in total. The molecule has 1 aromatic heterocycles. The van der Waals surface area contributed by atoms with Gasteiger partial charge in [-0.1, -0.05) is 12.1 Å². The Morgan fingerprint density at radius 1 is 0.364 bits per heavy atom. The zero-order valence-electron chi connectivity index (χ0n) is 16.2. The van der Waals surface area contributed by atoms with Crippen molar-refractivity contribution in [3.05, 3.63) is 107 Å². The number of thiophene rings is 1. The summed E-state index contributed by atoms with van der Waals surface area (Å²) >= 11 is 1.09. The molecule has 0 nitrogen and oxygen atoms in total. The molecule has 5 rings (SSSR count). The second-order valence-electron chi connectivity index (χ2n) is 6.88. The van der Waals surface area contributed by atoms with E-state index in [4.69, 9.17) is 0 Å². The highest BCUT2D eigenvalue weighted by Gasteiger charge is 2.13. The minimum Gasteiger partial charge on any atom is -0.204 e. The molecule has 168 valence electrons. The second-order valence-corrected chi connectivity index (χ2v) is 7.97. The number of fused-ring (bicyclic) bond motifs is 3. The number of benzene rings is 4. The Hall–Kier alpha value is -3.46. The first-order chi connectivity index (χ1) is 15.6. The minimum absolute atomic E-state index is 0.290. The summed E-state index contributed by atoms with van der Waals surface area (Å²) < 4.78 is 104. The number of hydrogen-bond donors (Lipinski definition) is 0. The lowest BCUT2D eigenvalue weighted by Gasteiger charge is -2.03. The molecule has 0 aliphatic heterocycles. The van der Waals surface area contributed by atoms with E-state index in [2.05, 4.69) is 0 Å². The highest BCUT2D eigenvalue weighted by atomic mass is 32.1. The lowest BCUT2D eigenvalue weighted by molar-refractivity contribution is 0.507. The predicted octanol–water partition coefficient (Wildman–Crippen LogP) is 8.52. The molecule has 0 atom stereocenters. The van der Waals surface area contributed by atoms with Crippen molar-refractivity contribution in [1.82, 2.24) is 0 Å². The van der Waals surface area contributed by atoms with Crippen molar-refractivity contribution in [2.75, 3.05) is 0 Å². The number of halogens is 8. The van der Waals surface area contributed by atoms with Gasteiger partial charge in [0.1, 0.15) is 0 Å². The molecule has 0 aliphatic rings. The molecule has 0 amide bonds. The summed E-state index contributed by atoms with van der Waals surface area (Å²) in [6.07, 6.45) is 0. The smallest absolute Gasteiger partial charge is 0.160 e. The van der Waals surface area contributed by atoms with Crippen LogP contribution >= 0.6 is 11.3 Å². The minimum atomic E-state index is -1.03. The molecular weight excluding hydrogens is 472 g/mol. The van der Waals surface area contributed by atoms with Crippen LogP contribution in [0.25, 0.3) is 31.3 Å². The number of rotatable bonds is 1. The van der Waals surface area contributed by atoms with Crippen molar-refractivity contribution < 1.29 is 35.1 Å². The van der Waals surface area contributed by atoms with Crippen LogP contribution in [0.2, 0.25) is 0 Å². The quantitative estimate of drug-likeness (QED) is 0.210. The Balaban J connectivity index is 0.000000157. The molecular formula is C24H10F8S. The summed E-state index contributed by atoms with van der Waals surface area (Å²) in [5.74, 6) is -7.94. The molecule has 0 saturated heterocycles. The third-order valence-electron chi connectivity index (χ3n) is 4.73. The van der Waals surface area contributed by atoms with E-state index in [0.717, 1.165) is 59.9 Å². The highest BCUT2D eigenvalue weighted by molar-refractivity contribution is 7.25. The maximum absolute atomic E-state index is 13.1. The third kappa shape index (κ3) is 4.54. The van der Waals surface area contributed by atoms with Gasteiger partial charge in [0.05, 0.1) is 0 Å². The van der Waals surface area contributed by atoms with Gasteiger partial charge in [0.25, 0.3) is 0 Å². The van der Waals surface area contributed by atoms with Crippen LogP contribution in [0, 0.1) is 46.5 Å². The summed E-state index contributed by atoms with van der Waals surface area (Å²) in [7, 11) is 0. The zero-order chi connectivity index (χ0) is 23.9. The summed E-state index contributed by atoms with van der Waals surface area (Å²) in [5, 5.41) is 0.783. The lowest BCUT2D eigenvalue weighted by Crippen LogP contribution is -1.88. The van der Waals surface area contributed by atoms with Crippen LogP contribution in [0.1, 0.15) is 0 Å². The van der Waals surface area contributed by atoms with E-state index < -0.39 is 46.5 Å². The highest BCUT2D eigenvalue weighted by Crippen LogP contribution is 2.36. The van der Waals surface area contributed by atoms with Crippen molar-refractivity contribution >= 4 is 31.5 Å². The summed E-state index contributed by atoms with van der Waals surface area (Å²) in [6.45, 7) is 0. The summed E-state index contributed by atoms with van der Waals surface area (Å²) in [6, 6.07) is 10.4. The molecule has 9 heteroatoms. The van der Waals surface area contributed by atoms with Crippen LogP contribution in [0.3, 0.4) is 0 Å². The molecule has 0 bridgehead atoms. The molecule has 0 unspecified atom stereocenters. The van der Waals surface area contributed by atoms with Crippen LogP contribution in [0.15, 0.2) is 60.7 Å². The van der Waals surface area contributed by atoms with E-state index in [1.54, 1.807) is 0 Å². The monoisotopic (exact) mass is 482 g/mol. The van der Waals surface area contributed by atoms with Crippen LogP contribution in [-0.4, -0.2) is 0 Å². The van der Waals surface area contributed by atoms with Crippen LogP contribution in [0.5, 0.6) is 0 Å². The molecule has 1 heterocycles. The first-order valence-electron chi connectivity index (χ1n) is 9.21. The summed E-state index contributed by atoms with van der Waals surface area (Å²) in [4.78, 5) is 0. The maximum atomic E-state index is 13.1. The van der Waals surface area contributed by atoms with Gasteiger partial charge in [0.2, 0.25) is 0 Å². The molecule has 0 fully saturated rings. The van der Waals surface area contributed by atoms with Crippen LogP contribution in [-0.2, 0) is 0 Å². The SMILES string of the molecule is Fc1cc2sc3cc(F)c(F)cc3c2cc1F.Fc1ccc(-c2ccc(F)c(F)c2)cc1F. The van der Waals surface area contributed by atoms with Gasteiger partial charge in [0.15, 0.2) is 46.5 Å². The Bertz CT molecular complexity index is 1390. The largest absolute Gasteiger partial charge is 0.204 e. The fourth-order valence-electron chi connectivity index (χ4n) is 3.12. The third-order valence-corrected chi connectivity index (χ3v) is 5.84. The lowest BCUT2D eigenvalue weighted by atomic mass is 10.1. The first-order valence-corrected chi connectivity index (χ1v) is 10.0. The standard InChI is InChI=1S/C12H4F4S.C12H6F4/c13-7-1-5-6-2-8(14)10(16)4-12(6)17-11(5)3-9(7)15;13-9-3-1-7(5-11(9)15)8-2-4-10(14)12(16)6-8/h1-4H;1-6H. The van der Waals surface area contributed by atoms with E-state index in [9.17, 15) is 35.1 Å². The molecule has 0 radical (unpaired) electrons. The fourth-order valence-corrected chi connectivity index (χ4v) is 4.24. The topological polar surface area (TPSA) is 0 Å². The number of hydrogen-bond acceptors (Lipinski definition) is 1. The Kier molecular flexibility index (Phi) is 6.07. The van der Waals surface area contributed by atoms with Gasteiger partial charge in [-0.3, -0.25) is 0 Å². The van der Waals surface area contributed by atoms with Gasteiger partial charge in [-0.15, -0.1) is 11.3 Å². The van der Waals surface area contributed by atoms with Crippen LogP contribution < -0.4 is 0 Å². The van der Waals surface area contributed by atoms with Gasteiger partial charge in [-0.25, -0.2) is 35.1 Å². The Morgan fingerprint density at radius 2 is 0.697 bits per heavy atom. The molecule has 5 aromatic rings. The van der Waals surface area contributed by atoms with Crippen LogP contribution in [0.4, 0.5) is 35.1 Å². The Morgan fingerprint density at radius 3 is 1.06 bits per heavy atom. The van der Waals surface area contributed by atoms with Crippen molar-refractivity contribution in [2.24, 2.45) is 0 Å². The Labute approximate surface area is 185 Å². The zero-order valence-corrected chi connectivity index (χ0v) is 17.0. The molecule has 0 saturated carbocycles. The van der Waals surface area contributed by atoms with Gasteiger partial charge in [-0.2, -0.15) is 0 Å². The molecule has 0 spiro atoms. The second kappa shape index (κ2) is 8.82. The van der Waals surface area contributed by atoms with E-state index >= 15 is 0 Å². The van der Waals surface area contributed by atoms with E-state index in [-0.39, 0.29) is 11.1 Å². The molecule has 4 aromatic carbocycles. The van der Waals surface area contributed by atoms with Gasteiger partial charge in [0, 0.05) is 20.2 Å². The van der Waals surface area contributed by atoms with Crippen molar-refractivity contribution in [3.63, 3.8) is 0 Å². The normalized spacial score (nSPS) is 11.0.